The molecule has 0 bridgehead atoms. The van der Waals surface area contributed by atoms with Crippen molar-refractivity contribution in [3.63, 3.8) is 0 Å². The molecule has 5 nitrogen and oxygen atoms in total. The van der Waals surface area contributed by atoms with E-state index in [1.54, 1.807) is 0 Å². The summed E-state index contributed by atoms with van der Waals surface area (Å²) in [6, 6.07) is -0.642. The number of rotatable bonds is 8. The molecular weight excluding hydrogens is 246 g/mol. The van der Waals surface area contributed by atoms with Gasteiger partial charge in [-0.3, -0.25) is 0 Å². The molecule has 2 atom stereocenters. The number of esters is 1. The first-order valence-electron chi connectivity index (χ1n) is 6.93. The lowest BCUT2D eigenvalue weighted by Crippen LogP contribution is -2.46. The average Bonchev–Trinajstić information content (AvgIpc) is 2.39. The highest BCUT2D eigenvalue weighted by Crippen LogP contribution is 2.11. The number of methoxy groups -OCH3 is 1. The van der Waals surface area contributed by atoms with E-state index in [2.05, 4.69) is 23.9 Å². The van der Waals surface area contributed by atoms with Crippen molar-refractivity contribution >= 4 is 12.1 Å². The largest absolute Gasteiger partial charge is 0.464 e. The zero-order valence-electron chi connectivity index (χ0n) is 12.7. The lowest BCUT2D eigenvalue weighted by atomic mass is 9.99. The van der Waals surface area contributed by atoms with E-state index in [1.807, 2.05) is 13.8 Å². The van der Waals surface area contributed by atoms with Gasteiger partial charge in [-0.15, -0.1) is 0 Å². The fourth-order valence-corrected chi connectivity index (χ4v) is 1.61. The summed E-state index contributed by atoms with van der Waals surface area (Å²) in [7, 11) is 1.27. The van der Waals surface area contributed by atoms with Crippen LogP contribution < -0.4 is 5.32 Å². The molecule has 0 aliphatic rings. The fourth-order valence-electron chi connectivity index (χ4n) is 1.61. The van der Waals surface area contributed by atoms with Crippen LogP contribution in [0.15, 0.2) is 0 Å². The second-order valence-electron chi connectivity index (χ2n) is 5.20. The summed E-state index contributed by atoms with van der Waals surface area (Å²) >= 11 is 0. The van der Waals surface area contributed by atoms with Gasteiger partial charge in [0.05, 0.1) is 13.7 Å². The monoisotopic (exact) mass is 273 g/mol. The first-order valence-corrected chi connectivity index (χ1v) is 6.93. The molecule has 1 N–H and O–H groups in total. The van der Waals surface area contributed by atoms with Crippen LogP contribution in [0.4, 0.5) is 4.79 Å². The topological polar surface area (TPSA) is 64.6 Å². The lowest BCUT2D eigenvalue weighted by molar-refractivity contribution is -0.147. The van der Waals surface area contributed by atoms with Crippen molar-refractivity contribution in [1.29, 1.82) is 0 Å². The first-order chi connectivity index (χ1) is 8.92. The Morgan fingerprint density at radius 2 is 1.84 bits per heavy atom. The Hall–Kier alpha value is -1.26. The molecule has 0 aromatic heterocycles. The van der Waals surface area contributed by atoms with Crippen LogP contribution in [-0.4, -0.2) is 31.8 Å². The third-order valence-electron chi connectivity index (χ3n) is 3.10. The van der Waals surface area contributed by atoms with Crippen LogP contribution in [0, 0.1) is 11.8 Å². The molecule has 0 aromatic carbocycles. The molecule has 0 aliphatic carbocycles. The van der Waals surface area contributed by atoms with Gasteiger partial charge in [0.1, 0.15) is 6.04 Å². The zero-order chi connectivity index (χ0) is 14.8. The maximum atomic E-state index is 11.9. The molecule has 0 spiro atoms. The molecule has 0 fully saturated rings. The van der Waals surface area contributed by atoms with Crippen LogP contribution in [0.1, 0.15) is 47.0 Å². The Kier molecular flexibility index (Phi) is 9.00. The maximum Gasteiger partial charge on any atom is 0.407 e. The van der Waals surface area contributed by atoms with Gasteiger partial charge in [0, 0.05) is 0 Å². The van der Waals surface area contributed by atoms with Crippen molar-refractivity contribution < 1.29 is 19.1 Å². The van der Waals surface area contributed by atoms with Crippen molar-refractivity contribution in [2.75, 3.05) is 13.7 Å². The summed E-state index contributed by atoms with van der Waals surface area (Å²) in [5, 5.41) is 2.53. The summed E-state index contributed by atoms with van der Waals surface area (Å²) in [6.07, 6.45) is 2.03. The molecule has 112 valence electrons. The van der Waals surface area contributed by atoms with Gasteiger partial charge in [-0.05, 0) is 24.7 Å². The van der Waals surface area contributed by atoms with Gasteiger partial charge in [0.2, 0.25) is 0 Å². The number of ether oxygens (including phenoxy) is 2. The number of carbonyl (C=O) groups is 2. The number of hydrogen-bond donors (Lipinski definition) is 1. The molecule has 5 heteroatoms. The molecule has 0 saturated heterocycles. The zero-order valence-corrected chi connectivity index (χ0v) is 12.7. The van der Waals surface area contributed by atoms with Crippen LogP contribution in [0.3, 0.4) is 0 Å². The van der Waals surface area contributed by atoms with Crippen LogP contribution in [0.5, 0.6) is 0 Å². The third kappa shape index (κ3) is 7.70. The molecular formula is C14H27NO4. The summed E-state index contributed by atoms with van der Waals surface area (Å²) in [6.45, 7) is 8.51. The van der Waals surface area contributed by atoms with E-state index >= 15 is 0 Å². The Labute approximate surface area is 116 Å². The quantitative estimate of drug-likeness (QED) is 0.545. The molecule has 0 aliphatic heterocycles. The SMILES string of the molecule is CCC(C)C(NC(=O)OC)C(=O)OCCCC(C)C. The van der Waals surface area contributed by atoms with E-state index < -0.39 is 12.1 Å². The highest BCUT2D eigenvalue weighted by atomic mass is 16.5. The van der Waals surface area contributed by atoms with Crippen LogP contribution in [0.2, 0.25) is 0 Å². The number of nitrogens with one attached hydrogen (secondary N) is 1. The minimum Gasteiger partial charge on any atom is -0.464 e. The van der Waals surface area contributed by atoms with E-state index in [1.165, 1.54) is 7.11 Å². The molecule has 0 aromatic rings. The number of hydrogen-bond acceptors (Lipinski definition) is 4. The fraction of sp³-hybridized carbons (Fsp3) is 0.857. The van der Waals surface area contributed by atoms with E-state index in [0.29, 0.717) is 12.5 Å². The van der Waals surface area contributed by atoms with Gasteiger partial charge in [-0.25, -0.2) is 9.59 Å². The van der Waals surface area contributed by atoms with Crippen molar-refractivity contribution in [2.24, 2.45) is 11.8 Å². The predicted molar refractivity (Wildman–Crippen MR) is 73.8 cm³/mol. The van der Waals surface area contributed by atoms with Crippen molar-refractivity contribution in [3.05, 3.63) is 0 Å². The van der Waals surface area contributed by atoms with Gasteiger partial charge in [0.25, 0.3) is 0 Å². The summed E-state index contributed by atoms with van der Waals surface area (Å²) in [5.41, 5.74) is 0. The van der Waals surface area contributed by atoms with Crippen LogP contribution in [0.25, 0.3) is 0 Å². The van der Waals surface area contributed by atoms with Crippen molar-refractivity contribution in [1.82, 2.24) is 5.32 Å². The maximum absolute atomic E-state index is 11.9. The number of alkyl carbamates (subject to hydrolysis) is 1. The predicted octanol–water partition coefficient (Wildman–Crippen LogP) is 2.74. The highest BCUT2D eigenvalue weighted by molar-refractivity contribution is 5.81. The smallest absolute Gasteiger partial charge is 0.407 e. The summed E-state index contributed by atoms with van der Waals surface area (Å²) in [5.74, 6) is 0.220. The highest BCUT2D eigenvalue weighted by Gasteiger charge is 2.27. The molecule has 0 radical (unpaired) electrons. The first kappa shape index (κ1) is 17.7. The third-order valence-corrected chi connectivity index (χ3v) is 3.10. The average molecular weight is 273 g/mol. The lowest BCUT2D eigenvalue weighted by Gasteiger charge is -2.22. The molecule has 2 unspecified atom stereocenters. The van der Waals surface area contributed by atoms with Crippen molar-refractivity contribution in [3.8, 4) is 0 Å². The second kappa shape index (κ2) is 9.64. The Bertz CT molecular complexity index is 279. The minimum absolute atomic E-state index is 0.0108. The number of carbonyl (C=O) groups excluding carboxylic acids is 2. The van der Waals surface area contributed by atoms with E-state index in [9.17, 15) is 9.59 Å². The molecule has 0 rings (SSSR count). The minimum atomic E-state index is -0.642. The van der Waals surface area contributed by atoms with Crippen molar-refractivity contribution in [2.45, 2.75) is 53.0 Å². The molecule has 19 heavy (non-hydrogen) atoms. The standard InChI is InChI=1S/C14H27NO4/c1-6-11(4)12(15-14(17)18-5)13(16)19-9-7-8-10(2)3/h10-12H,6-9H2,1-5H3,(H,15,17). The van der Waals surface area contributed by atoms with Gasteiger partial charge in [-0.2, -0.15) is 0 Å². The molecule has 0 heterocycles. The van der Waals surface area contributed by atoms with Gasteiger partial charge < -0.3 is 14.8 Å². The van der Waals surface area contributed by atoms with Gasteiger partial charge in [0.15, 0.2) is 0 Å². The van der Waals surface area contributed by atoms with Gasteiger partial charge >= 0.3 is 12.1 Å². The molecule has 1 amide bonds. The number of amides is 1. The van der Waals surface area contributed by atoms with Crippen LogP contribution in [-0.2, 0) is 14.3 Å². The molecule has 0 saturated carbocycles. The summed E-state index contributed by atoms with van der Waals surface area (Å²) in [4.78, 5) is 23.2. The summed E-state index contributed by atoms with van der Waals surface area (Å²) < 4.78 is 9.74. The van der Waals surface area contributed by atoms with Gasteiger partial charge in [-0.1, -0.05) is 34.1 Å². The van der Waals surface area contributed by atoms with E-state index in [4.69, 9.17) is 4.74 Å². The Balaban J connectivity index is 4.26. The normalized spacial score (nSPS) is 13.8. The Morgan fingerprint density at radius 3 is 2.32 bits per heavy atom. The van der Waals surface area contributed by atoms with E-state index in [-0.39, 0.29) is 11.9 Å². The second-order valence-corrected chi connectivity index (χ2v) is 5.20. The van der Waals surface area contributed by atoms with E-state index in [0.717, 1.165) is 19.3 Å². The van der Waals surface area contributed by atoms with Crippen LogP contribution >= 0.6 is 0 Å². The Morgan fingerprint density at radius 1 is 1.21 bits per heavy atom.